The van der Waals surface area contributed by atoms with Gasteiger partial charge in [-0.05, 0) is 6.42 Å². The summed E-state index contributed by atoms with van der Waals surface area (Å²) in [7, 11) is 0. The van der Waals surface area contributed by atoms with E-state index >= 15 is 0 Å². The van der Waals surface area contributed by atoms with E-state index in [4.69, 9.17) is 16.7 Å². The minimum absolute atomic E-state index is 0.0859. The largest absolute Gasteiger partial charge is 0.480 e. The van der Waals surface area contributed by atoms with Crippen molar-refractivity contribution in [3.8, 4) is 0 Å². The minimum Gasteiger partial charge on any atom is -0.480 e. The molecule has 4 nitrogen and oxygen atoms in total. The number of hydrogen-bond acceptors (Lipinski definition) is 3. The summed E-state index contributed by atoms with van der Waals surface area (Å²) in [6.45, 7) is 0. The molecule has 1 saturated heterocycles. The van der Waals surface area contributed by atoms with E-state index in [2.05, 4.69) is 10.9 Å². The molecule has 0 bridgehead atoms. The summed E-state index contributed by atoms with van der Waals surface area (Å²) in [5, 5.41) is 8.48. The van der Waals surface area contributed by atoms with E-state index in [1.807, 2.05) is 0 Å². The standard InChI is InChI=1S/C5H9ClN2O2/c6-2-3-1-4(5(9)10)8-7-3/h3-4,7-8H,1-2H2,(H,9,10). The summed E-state index contributed by atoms with van der Waals surface area (Å²) in [6.07, 6.45) is 0.554. The second kappa shape index (κ2) is 3.18. The van der Waals surface area contributed by atoms with Gasteiger partial charge in [0.2, 0.25) is 0 Å². The molecule has 0 spiro atoms. The molecule has 0 aromatic rings. The first-order valence-corrected chi connectivity index (χ1v) is 3.57. The van der Waals surface area contributed by atoms with Crippen LogP contribution >= 0.6 is 11.6 Å². The van der Waals surface area contributed by atoms with Crippen molar-refractivity contribution >= 4 is 17.6 Å². The lowest BCUT2D eigenvalue weighted by molar-refractivity contribution is -0.139. The maximum Gasteiger partial charge on any atom is 0.322 e. The number of carboxylic acid groups (broad SMARTS) is 1. The third-order valence-corrected chi connectivity index (χ3v) is 1.84. The molecule has 1 aliphatic heterocycles. The molecule has 3 N–H and O–H groups in total. The van der Waals surface area contributed by atoms with Crippen LogP contribution in [-0.2, 0) is 4.79 Å². The summed E-state index contributed by atoms with van der Waals surface area (Å²) in [4.78, 5) is 10.3. The van der Waals surface area contributed by atoms with Gasteiger partial charge in [-0.25, -0.2) is 5.43 Å². The van der Waals surface area contributed by atoms with Crippen molar-refractivity contribution in [3.05, 3.63) is 0 Å². The molecule has 0 radical (unpaired) electrons. The van der Waals surface area contributed by atoms with Crippen LogP contribution < -0.4 is 10.9 Å². The molecule has 1 aliphatic rings. The lowest BCUT2D eigenvalue weighted by atomic mass is 10.1. The zero-order chi connectivity index (χ0) is 7.56. The Morgan fingerprint density at radius 3 is 2.70 bits per heavy atom. The molecule has 2 unspecified atom stereocenters. The Labute approximate surface area is 63.5 Å². The number of halogens is 1. The third kappa shape index (κ3) is 1.59. The zero-order valence-electron chi connectivity index (χ0n) is 5.30. The first-order chi connectivity index (χ1) is 4.74. The average Bonchev–Trinajstić information content (AvgIpc) is 2.34. The van der Waals surface area contributed by atoms with Gasteiger partial charge >= 0.3 is 5.97 Å². The van der Waals surface area contributed by atoms with Gasteiger partial charge in [0.25, 0.3) is 0 Å². The first-order valence-electron chi connectivity index (χ1n) is 3.04. The van der Waals surface area contributed by atoms with Crippen molar-refractivity contribution in [2.24, 2.45) is 0 Å². The minimum atomic E-state index is -0.833. The highest BCUT2D eigenvalue weighted by atomic mass is 35.5. The number of carbonyl (C=O) groups is 1. The van der Waals surface area contributed by atoms with E-state index < -0.39 is 12.0 Å². The van der Waals surface area contributed by atoms with Crippen molar-refractivity contribution in [3.63, 3.8) is 0 Å². The van der Waals surface area contributed by atoms with E-state index in [1.165, 1.54) is 0 Å². The Morgan fingerprint density at radius 2 is 2.40 bits per heavy atom. The molecule has 10 heavy (non-hydrogen) atoms. The van der Waals surface area contributed by atoms with Crippen LogP contribution in [0.2, 0.25) is 0 Å². The van der Waals surface area contributed by atoms with Crippen LogP contribution in [0.4, 0.5) is 0 Å². The highest BCUT2D eigenvalue weighted by molar-refractivity contribution is 6.18. The molecular weight excluding hydrogens is 156 g/mol. The number of carboxylic acids is 1. The molecule has 0 aromatic heterocycles. The van der Waals surface area contributed by atoms with Crippen LogP contribution in [0.15, 0.2) is 0 Å². The van der Waals surface area contributed by atoms with E-state index in [1.54, 1.807) is 0 Å². The van der Waals surface area contributed by atoms with Gasteiger partial charge in [-0.15, -0.1) is 11.6 Å². The SMILES string of the molecule is O=C(O)C1CC(CCl)NN1. The van der Waals surface area contributed by atoms with Gasteiger partial charge in [-0.2, -0.15) is 0 Å². The molecule has 1 fully saturated rings. The lowest BCUT2D eigenvalue weighted by Crippen LogP contribution is -2.37. The summed E-state index contributed by atoms with van der Waals surface area (Å²) in [6, 6.07) is -0.397. The number of alkyl halides is 1. The number of hydrogen-bond donors (Lipinski definition) is 3. The third-order valence-electron chi connectivity index (χ3n) is 1.47. The van der Waals surface area contributed by atoms with E-state index in [9.17, 15) is 4.79 Å². The van der Waals surface area contributed by atoms with E-state index in [0.717, 1.165) is 0 Å². The van der Waals surface area contributed by atoms with Crippen molar-refractivity contribution in [2.75, 3.05) is 5.88 Å². The Hall–Kier alpha value is -0.320. The van der Waals surface area contributed by atoms with Crippen LogP contribution in [-0.4, -0.2) is 29.0 Å². The second-order valence-electron chi connectivity index (χ2n) is 2.27. The molecule has 0 aromatic carbocycles. The fourth-order valence-electron chi connectivity index (χ4n) is 0.885. The van der Waals surface area contributed by atoms with Crippen LogP contribution in [0.3, 0.4) is 0 Å². The molecule has 0 amide bonds. The fourth-order valence-corrected chi connectivity index (χ4v) is 1.09. The molecule has 58 valence electrons. The maximum atomic E-state index is 10.3. The molecule has 1 rings (SSSR count). The van der Waals surface area contributed by atoms with E-state index in [-0.39, 0.29) is 6.04 Å². The molecule has 0 saturated carbocycles. The predicted octanol–water partition coefficient (Wildman–Crippen LogP) is -0.455. The molecular formula is C5H9ClN2O2. The van der Waals surface area contributed by atoms with Crippen molar-refractivity contribution in [1.29, 1.82) is 0 Å². The zero-order valence-corrected chi connectivity index (χ0v) is 6.06. The van der Waals surface area contributed by atoms with Gasteiger partial charge in [0, 0.05) is 11.9 Å². The smallest absolute Gasteiger partial charge is 0.322 e. The highest BCUT2D eigenvalue weighted by Crippen LogP contribution is 2.05. The van der Waals surface area contributed by atoms with Crippen molar-refractivity contribution in [1.82, 2.24) is 10.9 Å². The van der Waals surface area contributed by atoms with Crippen LogP contribution in [0.25, 0.3) is 0 Å². The van der Waals surface area contributed by atoms with Gasteiger partial charge < -0.3 is 5.11 Å². The number of hydrazine groups is 1. The summed E-state index contributed by atoms with van der Waals surface area (Å²) < 4.78 is 0. The van der Waals surface area contributed by atoms with Crippen LogP contribution in [0, 0.1) is 0 Å². The Balaban J connectivity index is 2.35. The predicted molar refractivity (Wildman–Crippen MR) is 36.8 cm³/mol. The van der Waals surface area contributed by atoms with Gasteiger partial charge in [0.05, 0.1) is 0 Å². The first kappa shape index (κ1) is 7.78. The molecule has 1 heterocycles. The fraction of sp³-hybridized carbons (Fsp3) is 0.800. The van der Waals surface area contributed by atoms with Gasteiger partial charge in [-0.1, -0.05) is 0 Å². The van der Waals surface area contributed by atoms with Crippen molar-refractivity contribution < 1.29 is 9.90 Å². The monoisotopic (exact) mass is 164 g/mol. The number of aliphatic carboxylic acids is 1. The Kier molecular flexibility index (Phi) is 2.48. The summed E-state index contributed by atoms with van der Waals surface area (Å²) >= 11 is 5.48. The van der Waals surface area contributed by atoms with Gasteiger partial charge in [0.1, 0.15) is 6.04 Å². The van der Waals surface area contributed by atoms with Crippen LogP contribution in [0.1, 0.15) is 6.42 Å². The Bertz CT molecular complexity index is 142. The maximum absolute atomic E-state index is 10.3. The molecule has 2 atom stereocenters. The highest BCUT2D eigenvalue weighted by Gasteiger charge is 2.27. The van der Waals surface area contributed by atoms with E-state index in [0.29, 0.717) is 12.3 Å². The van der Waals surface area contributed by atoms with Crippen LogP contribution in [0.5, 0.6) is 0 Å². The lowest BCUT2D eigenvalue weighted by Gasteiger charge is -1.99. The van der Waals surface area contributed by atoms with Gasteiger partial charge in [-0.3, -0.25) is 10.2 Å². The Morgan fingerprint density at radius 1 is 1.70 bits per heavy atom. The normalized spacial score (nSPS) is 32.5. The average molecular weight is 165 g/mol. The topological polar surface area (TPSA) is 61.4 Å². The molecule has 5 heteroatoms. The number of rotatable bonds is 2. The number of nitrogens with one attached hydrogen (secondary N) is 2. The second-order valence-corrected chi connectivity index (χ2v) is 2.58. The van der Waals surface area contributed by atoms with Crippen molar-refractivity contribution in [2.45, 2.75) is 18.5 Å². The van der Waals surface area contributed by atoms with Gasteiger partial charge in [0.15, 0.2) is 0 Å². The quantitative estimate of drug-likeness (QED) is 0.484. The summed E-state index contributed by atoms with van der Waals surface area (Å²) in [5.41, 5.74) is 5.40. The molecule has 0 aliphatic carbocycles. The summed E-state index contributed by atoms with van der Waals surface area (Å²) in [5.74, 6) is -0.392.